The van der Waals surface area contributed by atoms with E-state index in [1.54, 1.807) is 12.1 Å². The molecule has 25 heavy (non-hydrogen) atoms. The number of aliphatic hydroxyl groups excluding tert-OH is 3. The van der Waals surface area contributed by atoms with Gasteiger partial charge in [0.1, 0.15) is 17.8 Å². The van der Waals surface area contributed by atoms with Gasteiger partial charge in [0.2, 0.25) is 5.78 Å². The van der Waals surface area contributed by atoms with E-state index in [-0.39, 0.29) is 25.4 Å². The number of hydrogen-bond donors (Lipinski definition) is 5. The van der Waals surface area contributed by atoms with Crippen molar-refractivity contribution < 1.29 is 30.0 Å². The van der Waals surface area contributed by atoms with Gasteiger partial charge in [0.15, 0.2) is 11.4 Å². The van der Waals surface area contributed by atoms with E-state index < -0.39 is 24.0 Å². The maximum atomic E-state index is 12.3. The number of carbonyl (C=O) groups excluding carboxylic acids is 1. The predicted octanol–water partition coefficient (Wildman–Crippen LogP) is 0.0391. The van der Waals surface area contributed by atoms with E-state index in [0.29, 0.717) is 14.9 Å². The van der Waals surface area contributed by atoms with Gasteiger partial charge in [-0.15, -0.1) is 11.3 Å². The molecule has 5 N–H and O–H groups in total. The quantitative estimate of drug-likeness (QED) is 0.440. The van der Waals surface area contributed by atoms with Crippen LogP contribution in [0.15, 0.2) is 23.7 Å². The number of aromatic nitrogens is 1. The number of ketones is 1. The summed E-state index contributed by atoms with van der Waals surface area (Å²) < 4.78 is 5.38. The Hall–Kier alpha value is -1.40. The van der Waals surface area contributed by atoms with Gasteiger partial charge >= 0.3 is 0 Å². The van der Waals surface area contributed by atoms with Crippen LogP contribution in [0.2, 0.25) is 0 Å². The lowest BCUT2D eigenvalue weighted by Gasteiger charge is -2.43. The highest BCUT2D eigenvalue weighted by Gasteiger charge is 2.48. The number of nitrogens with zero attached hydrogens (tertiary/aromatic N) is 1. The lowest BCUT2D eigenvalue weighted by molar-refractivity contribution is -0.232. The Morgan fingerprint density at radius 1 is 1.44 bits per heavy atom. The highest BCUT2D eigenvalue weighted by atomic mass is 32.1. The van der Waals surface area contributed by atoms with Crippen LogP contribution in [-0.4, -0.2) is 68.4 Å². The average Bonchev–Trinajstić information content (AvgIpc) is 3.27. The van der Waals surface area contributed by atoms with Crippen molar-refractivity contribution in [3.05, 3.63) is 33.5 Å². The number of thiazole rings is 1. The number of aliphatic hydroxyl groups is 4. The normalized spacial score (nSPS) is 29.5. The Bertz CT molecular complexity index is 721. The third-order valence-corrected chi connectivity index (χ3v) is 5.78. The fourth-order valence-corrected chi connectivity index (χ4v) is 4.08. The zero-order chi connectivity index (χ0) is 18.0. The molecular formula is C15H18N2O6S2. The summed E-state index contributed by atoms with van der Waals surface area (Å²) in [6.45, 7) is -0.599. The van der Waals surface area contributed by atoms with Gasteiger partial charge in [0.05, 0.1) is 22.6 Å². The molecule has 4 unspecified atom stereocenters. The Labute approximate surface area is 151 Å². The standard InChI is InChI=1S/C15H18N2O6S2/c18-4-3-15(22)7-23-13(11(20)12(15)21)17-14-16-6-9(25-14)10(19)8-2-1-5-24-8/h1-2,5-6,11-13,18,20-22H,3-4,7H2,(H,16,17). The first-order valence-electron chi connectivity index (χ1n) is 7.56. The van der Waals surface area contributed by atoms with E-state index in [1.165, 1.54) is 17.5 Å². The van der Waals surface area contributed by atoms with Crippen LogP contribution in [0.5, 0.6) is 0 Å². The summed E-state index contributed by atoms with van der Waals surface area (Å²) in [5.41, 5.74) is -1.71. The number of thiophene rings is 1. The molecule has 0 aromatic carbocycles. The molecule has 1 saturated heterocycles. The van der Waals surface area contributed by atoms with Gasteiger partial charge in [0, 0.05) is 13.0 Å². The molecule has 0 spiro atoms. The van der Waals surface area contributed by atoms with Crippen molar-refractivity contribution in [3.8, 4) is 0 Å². The highest BCUT2D eigenvalue weighted by Crippen LogP contribution is 2.29. The monoisotopic (exact) mass is 386 g/mol. The summed E-state index contributed by atoms with van der Waals surface area (Å²) in [7, 11) is 0. The van der Waals surface area contributed by atoms with E-state index in [0.717, 1.165) is 11.3 Å². The summed E-state index contributed by atoms with van der Waals surface area (Å²) >= 11 is 2.44. The summed E-state index contributed by atoms with van der Waals surface area (Å²) in [4.78, 5) is 17.4. The molecule has 8 nitrogen and oxygen atoms in total. The summed E-state index contributed by atoms with van der Waals surface area (Å²) in [5.74, 6) is -0.136. The Balaban J connectivity index is 1.66. The molecule has 10 heteroatoms. The smallest absolute Gasteiger partial charge is 0.214 e. The number of rotatable bonds is 6. The van der Waals surface area contributed by atoms with Gasteiger partial charge in [-0.05, 0) is 11.4 Å². The summed E-state index contributed by atoms with van der Waals surface area (Å²) in [6.07, 6.45) is -2.59. The SMILES string of the molecule is O=C(c1cccs1)c1cnc(NC2OCC(O)(CCO)C(O)C2O)s1. The molecule has 0 amide bonds. The Morgan fingerprint density at radius 2 is 2.24 bits per heavy atom. The minimum atomic E-state index is -1.71. The lowest BCUT2D eigenvalue weighted by Crippen LogP contribution is -2.63. The molecule has 1 aliphatic rings. The van der Waals surface area contributed by atoms with Gasteiger partial charge < -0.3 is 30.5 Å². The first-order valence-corrected chi connectivity index (χ1v) is 9.26. The zero-order valence-electron chi connectivity index (χ0n) is 13.0. The first kappa shape index (κ1) is 18.4. The third-order valence-electron chi connectivity index (χ3n) is 3.98. The van der Waals surface area contributed by atoms with Crippen LogP contribution in [0.3, 0.4) is 0 Å². The minimum Gasteiger partial charge on any atom is -0.396 e. The summed E-state index contributed by atoms with van der Waals surface area (Å²) in [6, 6.07) is 3.52. The van der Waals surface area contributed by atoms with Crippen molar-refractivity contribution in [2.24, 2.45) is 0 Å². The van der Waals surface area contributed by atoms with Crippen LogP contribution in [0, 0.1) is 0 Å². The minimum absolute atomic E-state index is 0.116. The second-order valence-corrected chi connectivity index (χ2v) is 7.70. The average molecular weight is 386 g/mol. The third kappa shape index (κ3) is 3.75. The maximum absolute atomic E-state index is 12.3. The molecule has 2 aromatic heterocycles. The van der Waals surface area contributed by atoms with Crippen molar-refractivity contribution in [2.45, 2.75) is 30.5 Å². The number of nitrogens with one attached hydrogen (secondary N) is 1. The van der Waals surface area contributed by atoms with Gasteiger partial charge in [-0.3, -0.25) is 4.79 Å². The van der Waals surface area contributed by atoms with Gasteiger partial charge in [-0.25, -0.2) is 4.98 Å². The van der Waals surface area contributed by atoms with Crippen LogP contribution in [0.25, 0.3) is 0 Å². The topological polar surface area (TPSA) is 132 Å². The van der Waals surface area contributed by atoms with E-state index in [4.69, 9.17) is 9.84 Å². The number of ether oxygens (including phenoxy) is 1. The van der Waals surface area contributed by atoms with Crippen molar-refractivity contribution in [1.29, 1.82) is 0 Å². The number of carbonyl (C=O) groups is 1. The largest absolute Gasteiger partial charge is 0.396 e. The molecule has 136 valence electrons. The van der Waals surface area contributed by atoms with Crippen LogP contribution < -0.4 is 5.32 Å². The Kier molecular flexibility index (Phi) is 5.49. The maximum Gasteiger partial charge on any atom is 0.214 e. The zero-order valence-corrected chi connectivity index (χ0v) is 14.7. The molecule has 1 fully saturated rings. The first-order chi connectivity index (χ1) is 11.9. The van der Waals surface area contributed by atoms with Crippen LogP contribution >= 0.6 is 22.7 Å². The predicted molar refractivity (Wildman–Crippen MR) is 91.9 cm³/mol. The molecular weight excluding hydrogens is 368 g/mol. The fraction of sp³-hybridized carbons (Fsp3) is 0.467. The molecule has 3 heterocycles. The van der Waals surface area contributed by atoms with E-state index in [1.807, 2.05) is 5.38 Å². The molecule has 1 aliphatic heterocycles. The Morgan fingerprint density at radius 3 is 2.92 bits per heavy atom. The van der Waals surface area contributed by atoms with E-state index >= 15 is 0 Å². The number of anilines is 1. The van der Waals surface area contributed by atoms with Crippen LogP contribution in [-0.2, 0) is 4.74 Å². The number of hydrogen-bond acceptors (Lipinski definition) is 10. The molecule has 0 bridgehead atoms. The van der Waals surface area contributed by atoms with Gasteiger partial charge in [-0.1, -0.05) is 17.4 Å². The second kappa shape index (κ2) is 7.46. The highest BCUT2D eigenvalue weighted by molar-refractivity contribution is 7.19. The van der Waals surface area contributed by atoms with Crippen LogP contribution in [0.4, 0.5) is 5.13 Å². The van der Waals surface area contributed by atoms with Crippen molar-refractivity contribution >= 4 is 33.6 Å². The molecule has 4 atom stereocenters. The summed E-state index contributed by atoms with van der Waals surface area (Å²) in [5, 5.41) is 44.4. The fourth-order valence-electron chi connectivity index (χ4n) is 2.54. The van der Waals surface area contributed by atoms with Crippen molar-refractivity contribution in [2.75, 3.05) is 18.5 Å². The molecule has 0 aliphatic carbocycles. The molecule has 2 aromatic rings. The molecule has 0 saturated carbocycles. The lowest BCUT2D eigenvalue weighted by atomic mass is 9.87. The van der Waals surface area contributed by atoms with Crippen LogP contribution in [0.1, 0.15) is 21.0 Å². The van der Waals surface area contributed by atoms with E-state index in [9.17, 15) is 20.1 Å². The van der Waals surface area contributed by atoms with E-state index in [2.05, 4.69) is 10.3 Å². The van der Waals surface area contributed by atoms with Gasteiger partial charge in [0.25, 0.3) is 0 Å². The van der Waals surface area contributed by atoms with Crippen molar-refractivity contribution in [3.63, 3.8) is 0 Å². The molecule has 3 rings (SSSR count). The second-order valence-electron chi connectivity index (χ2n) is 5.72. The molecule has 0 radical (unpaired) electrons. The van der Waals surface area contributed by atoms with Gasteiger partial charge in [-0.2, -0.15) is 0 Å². The van der Waals surface area contributed by atoms with Crippen molar-refractivity contribution in [1.82, 2.24) is 4.98 Å².